The lowest BCUT2D eigenvalue weighted by Gasteiger charge is -2.26. The molecule has 226 valence electrons. The van der Waals surface area contributed by atoms with Crippen LogP contribution >= 0.6 is 0 Å². The molecule has 1 aliphatic carbocycles. The molecule has 0 bridgehead atoms. The Bertz CT molecular complexity index is 1760. The zero-order valence-electron chi connectivity index (χ0n) is 25.0. The van der Waals surface area contributed by atoms with Crippen molar-refractivity contribution < 1.29 is 19.0 Å². The summed E-state index contributed by atoms with van der Waals surface area (Å²) in [6.45, 7) is 6.71. The highest BCUT2D eigenvalue weighted by atomic mass is 16.5. The van der Waals surface area contributed by atoms with Crippen LogP contribution in [-0.4, -0.2) is 51.8 Å². The highest BCUT2D eigenvalue weighted by Crippen LogP contribution is 2.43. The van der Waals surface area contributed by atoms with Gasteiger partial charge in [0.15, 0.2) is 11.5 Å². The summed E-state index contributed by atoms with van der Waals surface area (Å²) < 4.78 is 19.9. The Balaban J connectivity index is 1.43. The van der Waals surface area contributed by atoms with Crippen molar-refractivity contribution >= 4 is 22.8 Å². The average molecular weight is 593 g/mol. The fourth-order valence-electron chi connectivity index (χ4n) is 6.05. The third-order valence-corrected chi connectivity index (χ3v) is 8.27. The maximum Gasteiger partial charge on any atom is 0.243 e. The molecule has 0 radical (unpaired) electrons. The third-order valence-electron chi connectivity index (χ3n) is 8.27. The van der Waals surface area contributed by atoms with Crippen LogP contribution in [0.4, 0.5) is 5.82 Å². The van der Waals surface area contributed by atoms with E-state index >= 15 is 0 Å². The van der Waals surface area contributed by atoms with Gasteiger partial charge in [0.05, 0.1) is 25.1 Å². The third kappa shape index (κ3) is 5.96. The van der Waals surface area contributed by atoms with E-state index in [4.69, 9.17) is 24.9 Å². The van der Waals surface area contributed by atoms with Gasteiger partial charge in [0.25, 0.3) is 0 Å². The molecule has 3 N–H and O–H groups in total. The van der Waals surface area contributed by atoms with E-state index in [2.05, 4.69) is 38.3 Å². The second-order valence-electron chi connectivity index (χ2n) is 11.2. The number of anilines is 1. The van der Waals surface area contributed by atoms with Crippen molar-refractivity contribution in [2.75, 3.05) is 26.1 Å². The van der Waals surface area contributed by atoms with Gasteiger partial charge in [-0.1, -0.05) is 24.6 Å². The minimum Gasteiger partial charge on any atom is -0.493 e. The summed E-state index contributed by atoms with van der Waals surface area (Å²) in [5.41, 5.74) is 10.7. The van der Waals surface area contributed by atoms with Gasteiger partial charge in [-0.25, -0.2) is 15.0 Å². The quantitative estimate of drug-likeness (QED) is 0.217. The number of aryl methyl sites for hydroxylation is 1. The lowest BCUT2D eigenvalue weighted by molar-refractivity contribution is -0.117. The van der Waals surface area contributed by atoms with Crippen molar-refractivity contribution in [2.24, 2.45) is 5.92 Å². The molecule has 6 rings (SSSR count). The predicted octanol–water partition coefficient (Wildman–Crippen LogP) is 5.36. The van der Waals surface area contributed by atoms with Crippen LogP contribution in [0.5, 0.6) is 17.4 Å². The van der Waals surface area contributed by atoms with Crippen LogP contribution in [0.25, 0.3) is 22.2 Å². The number of methoxy groups -OCH3 is 1. The van der Waals surface area contributed by atoms with Crippen molar-refractivity contribution in [3.8, 4) is 40.3 Å². The Kier molecular flexibility index (Phi) is 8.48. The molecule has 1 saturated carbocycles. The topological polar surface area (TPSA) is 126 Å². The second kappa shape index (κ2) is 12.8. The zero-order valence-corrected chi connectivity index (χ0v) is 25.0. The molecule has 3 aromatic heterocycles. The molecule has 1 amide bonds. The molecular weight excluding hydrogens is 556 g/mol. The summed E-state index contributed by atoms with van der Waals surface area (Å²) in [5.74, 6) is 9.13. The number of nitrogens with two attached hydrogens (primary N) is 1. The van der Waals surface area contributed by atoms with E-state index in [0.29, 0.717) is 36.4 Å². The van der Waals surface area contributed by atoms with E-state index in [0.717, 1.165) is 65.7 Å². The molecule has 1 unspecified atom stereocenters. The molecule has 10 heteroatoms. The van der Waals surface area contributed by atoms with Gasteiger partial charge in [-0.15, -0.1) is 0 Å². The molecule has 1 aromatic carbocycles. The lowest BCUT2D eigenvalue weighted by Crippen LogP contribution is -2.36. The van der Waals surface area contributed by atoms with Crippen LogP contribution in [0.3, 0.4) is 0 Å². The highest BCUT2D eigenvalue weighted by Gasteiger charge is 2.29. The number of carbonyl (C=O) groups excluding carboxylic acids is 1. The summed E-state index contributed by atoms with van der Waals surface area (Å²) >= 11 is 0. The number of benzene rings is 1. The van der Waals surface area contributed by atoms with Crippen LogP contribution in [0.2, 0.25) is 0 Å². The number of pyridine rings is 1. The number of ether oxygens (including phenoxy) is 3. The Morgan fingerprint density at radius 3 is 2.73 bits per heavy atom. The summed E-state index contributed by atoms with van der Waals surface area (Å²) in [5, 5.41) is 3.76. The smallest absolute Gasteiger partial charge is 0.243 e. The number of hydrogen-bond donors (Lipinski definition) is 2. The van der Waals surface area contributed by atoms with E-state index in [1.807, 2.05) is 43.3 Å². The molecule has 4 heterocycles. The molecule has 2 fully saturated rings. The van der Waals surface area contributed by atoms with Gasteiger partial charge in [-0.2, -0.15) is 0 Å². The maximum absolute atomic E-state index is 11.8. The van der Waals surface area contributed by atoms with E-state index in [-0.39, 0.29) is 23.9 Å². The Morgan fingerprint density at radius 2 is 2.00 bits per heavy atom. The zero-order chi connectivity index (χ0) is 30.6. The van der Waals surface area contributed by atoms with Crippen molar-refractivity contribution in [1.82, 2.24) is 24.8 Å². The first-order valence-corrected chi connectivity index (χ1v) is 14.9. The molecule has 10 nitrogen and oxygen atoms in total. The maximum atomic E-state index is 11.8. The molecular formula is C34H36N6O4. The molecule has 44 heavy (non-hydrogen) atoms. The largest absolute Gasteiger partial charge is 0.493 e. The van der Waals surface area contributed by atoms with Crippen LogP contribution in [0.1, 0.15) is 49.5 Å². The van der Waals surface area contributed by atoms with E-state index in [1.54, 1.807) is 7.11 Å². The van der Waals surface area contributed by atoms with Crippen molar-refractivity contribution in [1.29, 1.82) is 0 Å². The van der Waals surface area contributed by atoms with Gasteiger partial charge < -0.3 is 29.8 Å². The van der Waals surface area contributed by atoms with Gasteiger partial charge in [-0.3, -0.25) is 4.79 Å². The minimum atomic E-state index is -0.131. The van der Waals surface area contributed by atoms with Crippen molar-refractivity contribution in [2.45, 2.75) is 51.1 Å². The number of nitrogens with zero attached hydrogens (tertiary/aromatic N) is 4. The first-order valence-electron chi connectivity index (χ1n) is 14.9. The summed E-state index contributed by atoms with van der Waals surface area (Å²) in [6.07, 6.45) is 7.20. The first kappa shape index (κ1) is 29.2. The van der Waals surface area contributed by atoms with Gasteiger partial charge in [0.1, 0.15) is 23.5 Å². The highest BCUT2D eigenvalue weighted by molar-refractivity contribution is 6.04. The summed E-state index contributed by atoms with van der Waals surface area (Å²) in [4.78, 5) is 25.3. The molecule has 1 atom stereocenters. The Labute approximate surface area is 256 Å². The normalized spacial score (nSPS) is 19.6. The number of nitrogens with one attached hydrogen (secondary N) is 1. The summed E-state index contributed by atoms with van der Waals surface area (Å²) in [7, 11) is 1.61. The monoisotopic (exact) mass is 592 g/mol. The molecule has 1 aliphatic heterocycles. The fraction of sp³-hybridized carbons (Fsp3) is 0.353. The van der Waals surface area contributed by atoms with Crippen LogP contribution in [-0.2, 0) is 9.53 Å². The average Bonchev–Trinajstić information content (AvgIpc) is 3.68. The number of fused-ring (bicyclic) bond motifs is 1. The SMILES string of the molecule is C=CC(=O)NC1CCC(C#Cc2c(-c3ccc(Oc4cccc(C)n4)c(OC)c3)c3c(N)ncnc3n2C2CCOC2)CC1. The van der Waals surface area contributed by atoms with E-state index < -0.39 is 0 Å². The number of aromatic nitrogens is 4. The van der Waals surface area contributed by atoms with E-state index in [9.17, 15) is 4.79 Å². The molecule has 1 saturated heterocycles. The number of carbonyl (C=O) groups is 1. The van der Waals surface area contributed by atoms with Crippen LogP contribution in [0.15, 0.2) is 55.4 Å². The Hall–Kier alpha value is -4.88. The fourth-order valence-corrected chi connectivity index (χ4v) is 6.05. The Morgan fingerprint density at radius 1 is 1.16 bits per heavy atom. The van der Waals surface area contributed by atoms with Crippen molar-refractivity contribution in [3.05, 3.63) is 66.8 Å². The summed E-state index contributed by atoms with van der Waals surface area (Å²) in [6, 6.07) is 11.6. The second-order valence-corrected chi connectivity index (χ2v) is 11.2. The minimum absolute atomic E-state index is 0.0617. The standard InChI is InChI=1S/C34H36N6O4/c1-4-29(41)39-24-12-8-22(9-13-24)10-14-26-31(32-33(35)36-20-37-34(32)40(26)25-16-17-43-19-25)23-11-15-27(28(18-23)42-3)44-30-7-5-6-21(2)38-30/h4-7,11,15,18,20,22,24-25H,1,8-9,12-13,16-17,19H2,2-3H3,(H,39,41)(H2,35,36,37). The number of hydrogen-bond acceptors (Lipinski definition) is 8. The first-order chi connectivity index (χ1) is 21.4. The number of amides is 1. The molecule has 0 spiro atoms. The van der Waals surface area contributed by atoms with Gasteiger partial charge in [-0.05, 0) is 74.8 Å². The predicted molar refractivity (Wildman–Crippen MR) is 168 cm³/mol. The lowest BCUT2D eigenvalue weighted by atomic mass is 9.86. The number of rotatable bonds is 7. The van der Waals surface area contributed by atoms with Crippen molar-refractivity contribution in [3.63, 3.8) is 0 Å². The van der Waals surface area contributed by atoms with Gasteiger partial charge >= 0.3 is 0 Å². The van der Waals surface area contributed by atoms with Gasteiger partial charge in [0.2, 0.25) is 11.8 Å². The number of nitrogen functional groups attached to an aromatic ring is 1. The van der Waals surface area contributed by atoms with Crippen LogP contribution < -0.4 is 20.5 Å². The van der Waals surface area contributed by atoms with Crippen LogP contribution in [0, 0.1) is 24.7 Å². The van der Waals surface area contributed by atoms with Gasteiger partial charge in [0, 0.05) is 35.9 Å². The molecule has 4 aromatic rings. The van der Waals surface area contributed by atoms with E-state index in [1.165, 1.54) is 12.4 Å². The molecule has 2 aliphatic rings.